The van der Waals surface area contributed by atoms with Crippen LogP contribution in [0.2, 0.25) is 0 Å². The highest BCUT2D eigenvalue weighted by atomic mass is 16.5. The van der Waals surface area contributed by atoms with Crippen LogP contribution in [0.5, 0.6) is 11.5 Å². The van der Waals surface area contributed by atoms with Crippen LogP contribution in [0.4, 0.5) is 0 Å². The molecule has 1 aliphatic heterocycles. The van der Waals surface area contributed by atoms with Crippen molar-refractivity contribution in [1.29, 1.82) is 0 Å². The van der Waals surface area contributed by atoms with Crippen LogP contribution in [0.3, 0.4) is 0 Å². The highest BCUT2D eigenvalue weighted by Gasteiger charge is 2.19. The second-order valence-corrected chi connectivity index (χ2v) is 7.75. The number of hydrogen-bond acceptors (Lipinski definition) is 6. The number of amides is 2. The second kappa shape index (κ2) is 11.5. The van der Waals surface area contributed by atoms with Crippen molar-refractivity contribution in [3.63, 3.8) is 0 Å². The van der Waals surface area contributed by atoms with E-state index >= 15 is 0 Å². The lowest BCUT2D eigenvalue weighted by molar-refractivity contribution is -0.137. The van der Waals surface area contributed by atoms with Gasteiger partial charge in [0.1, 0.15) is 0 Å². The molecule has 1 N–H and O–H groups in total. The lowest BCUT2D eigenvalue weighted by Crippen LogP contribution is -2.43. The molecule has 0 saturated carbocycles. The minimum Gasteiger partial charge on any atom is -0.493 e. The molecule has 0 unspecified atom stereocenters. The highest BCUT2D eigenvalue weighted by Crippen LogP contribution is 2.28. The molecule has 8 nitrogen and oxygen atoms in total. The Kier molecular flexibility index (Phi) is 8.47. The minimum atomic E-state index is -0.206. The van der Waals surface area contributed by atoms with Gasteiger partial charge in [-0.3, -0.25) is 9.59 Å². The van der Waals surface area contributed by atoms with Gasteiger partial charge in [-0.1, -0.05) is 30.3 Å². The SMILES string of the molecule is COc1cc(C(=O)NC[C@H](c2ccccc2)N(C)C)ccc1OCC(=O)N1CCOCC1. The van der Waals surface area contributed by atoms with E-state index in [0.29, 0.717) is 49.9 Å². The van der Waals surface area contributed by atoms with Crippen LogP contribution in [0.1, 0.15) is 22.0 Å². The summed E-state index contributed by atoms with van der Waals surface area (Å²) in [4.78, 5) is 28.8. The van der Waals surface area contributed by atoms with Gasteiger partial charge < -0.3 is 29.3 Å². The minimum absolute atomic E-state index is 0.0517. The Labute approximate surface area is 189 Å². The molecule has 8 heteroatoms. The summed E-state index contributed by atoms with van der Waals surface area (Å²) in [6.45, 7) is 2.58. The topological polar surface area (TPSA) is 80.3 Å². The summed E-state index contributed by atoms with van der Waals surface area (Å²) in [7, 11) is 5.47. The summed E-state index contributed by atoms with van der Waals surface area (Å²) < 4.78 is 16.3. The first-order valence-electron chi connectivity index (χ1n) is 10.7. The average Bonchev–Trinajstić information content (AvgIpc) is 2.83. The van der Waals surface area contributed by atoms with Gasteiger partial charge in [-0.2, -0.15) is 0 Å². The van der Waals surface area contributed by atoms with E-state index in [0.717, 1.165) is 5.56 Å². The van der Waals surface area contributed by atoms with Gasteiger partial charge in [-0.15, -0.1) is 0 Å². The molecule has 32 heavy (non-hydrogen) atoms. The predicted octanol–water partition coefficient (Wildman–Crippen LogP) is 1.97. The Bertz CT molecular complexity index is 898. The molecule has 2 amide bonds. The Balaban J connectivity index is 1.60. The Morgan fingerprint density at radius 3 is 2.47 bits per heavy atom. The molecule has 2 aromatic rings. The van der Waals surface area contributed by atoms with Crippen LogP contribution >= 0.6 is 0 Å². The molecule has 1 fully saturated rings. The predicted molar refractivity (Wildman–Crippen MR) is 121 cm³/mol. The molecular weight excluding hydrogens is 410 g/mol. The number of ether oxygens (including phenoxy) is 3. The van der Waals surface area contributed by atoms with Gasteiger partial charge in [0, 0.05) is 25.2 Å². The van der Waals surface area contributed by atoms with Crippen LogP contribution in [-0.4, -0.2) is 82.3 Å². The zero-order chi connectivity index (χ0) is 22.9. The van der Waals surface area contributed by atoms with Crippen molar-refractivity contribution in [3.8, 4) is 11.5 Å². The molecule has 1 heterocycles. The van der Waals surface area contributed by atoms with Gasteiger partial charge in [0.05, 0.1) is 26.4 Å². The maximum absolute atomic E-state index is 12.8. The van der Waals surface area contributed by atoms with Crippen molar-refractivity contribution >= 4 is 11.8 Å². The summed E-state index contributed by atoms with van der Waals surface area (Å²) >= 11 is 0. The van der Waals surface area contributed by atoms with Gasteiger partial charge in [0.2, 0.25) is 0 Å². The molecule has 0 bridgehead atoms. The summed E-state index contributed by atoms with van der Waals surface area (Å²) in [6.07, 6.45) is 0. The van der Waals surface area contributed by atoms with Crippen molar-refractivity contribution in [3.05, 3.63) is 59.7 Å². The number of rotatable bonds is 9. The number of carbonyl (C=O) groups excluding carboxylic acids is 2. The van der Waals surface area contributed by atoms with Gasteiger partial charge in [-0.25, -0.2) is 0 Å². The molecular formula is C24H31N3O5. The van der Waals surface area contributed by atoms with Crippen LogP contribution < -0.4 is 14.8 Å². The van der Waals surface area contributed by atoms with Crippen LogP contribution in [0.15, 0.2) is 48.5 Å². The van der Waals surface area contributed by atoms with E-state index in [1.54, 1.807) is 23.1 Å². The molecule has 2 aromatic carbocycles. The molecule has 172 valence electrons. The van der Waals surface area contributed by atoms with E-state index in [1.165, 1.54) is 7.11 Å². The third-order valence-corrected chi connectivity index (χ3v) is 5.40. The summed E-state index contributed by atoms with van der Waals surface area (Å²) in [5.41, 5.74) is 1.59. The van der Waals surface area contributed by atoms with E-state index in [4.69, 9.17) is 14.2 Å². The number of carbonyl (C=O) groups is 2. The van der Waals surface area contributed by atoms with Crippen molar-refractivity contribution in [2.24, 2.45) is 0 Å². The molecule has 1 aliphatic rings. The maximum atomic E-state index is 12.8. The monoisotopic (exact) mass is 441 g/mol. The summed E-state index contributed by atoms with van der Waals surface area (Å²) in [5.74, 6) is 0.510. The first-order valence-corrected chi connectivity index (χ1v) is 10.7. The van der Waals surface area contributed by atoms with Gasteiger partial charge in [-0.05, 0) is 37.9 Å². The third-order valence-electron chi connectivity index (χ3n) is 5.40. The van der Waals surface area contributed by atoms with Gasteiger partial charge in [0.15, 0.2) is 18.1 Å². The zero-order valence-corrected chi connectivity index (χ0v) is 18.9. The van der Waals surface area contributed by atoms with Crippen molar-refractivity contribution in [1.82, 2.24) is 15.1 Å². The third kappa shape index (κ3) is 6.21. The molecule has 0 aliphatic carbocycles. The smallest absolute Gasteiger partial charge is 0.260 e. The fourth-order valence-electron chi connectivity index (χ4n) is 3.54. The maximum Gasteiger partial charge on any atom is 0.260 e. The Morgan fingerprint density at radius 2 is 1.81 bits per heavy atom. The second-order valence-electron chi connectivity index (χ2n) is 7.75. The van der Waals surface area contributed by atoms with Crippen LogP contribution in [-0.2, 0) is 9.53 Å². The van der Waals surface area contributed by atoms with Gasteiger partial charge >= 0.3 is 0 Å². The Hall–Kier alpha value is -3.10. The number of hydrogen-bond donors (Lipinski definition) is 1. The van der Waals surface area contributed by atoms with E-state index in [-0.39, 0.29) is 24.5 Å². The largest absolute Gasteiger partial charge is 0.493 e. The first-order chi connectivity index (χ1) is 15.5. The lowest BCUT2D eigenvalue weighted by Gasteiger charge is -2.26. The summed E-state index contributed by atoms with van der Waals surface area (Å²) in [5, 5.41) is 2.99. The van der Waals surface area contributed by atoms with Crippen molar-refractivity contribution in [2.75, 3.05) is 60.7 Å². The lowest BCUT2D eigenvalue weighted by atomic mass is 10.1. The fraction of sp³-hybridized carbons (Fsp3) is 0.417. The van der Waals surface area contributed by atoms with Crippen molar-refractivity contribution < 1.29 is 23.8 Å². The number of likely N-dealkylation sites (N-methyl/N-ethyl adjacent to an activating group) is 1. The molecule has 3 rings (SSSR count). The van der Waals surface area contributed by atoms with E-state index in [1.807, 2.05) is 44.4 Å². The number of methoxy groups -OCH3 is 1. The molecule has 1 saturated heterocycles. The molecule has 1 atom stereocenters. The number of benzene rings is 2. The summed E-state index contributed by atoms with van der Waals surface area (Å²) in [6, 6.07) is 15.0. The normalized spacial score (nSPS) is 14.7. The standard InChI is InChI=1S/C24H31N3O5/c1-26(2)20(18-7-5-4-6-8-18)16-25-24(29)19-9-10-21(22(15-19)30-3)32-17-23(28)27-11-13-31-14-12-27/h4-10,15,20H,11-14,16-17H2,1-3H3,(H,25,29)/t20-/m1/s1. The number of morpholine rings is 1. The van der Waals surface area contributed by atoms with Gasteiger partial charge in [0.25, 0.3) is 11.8 Å². The zero-order valence-electron chi connectivity index (χ0n) is 18.9. The van der Waals surface area contributed by atoms with Crippen molar-refractivity contribution in [2.45, 2.75) is 6.04 Å². The number of nitrogens with one attached hydrogen (secondary N) is 1. The molecule has 0 spiro atoms. The van der Waals surface area contributed by atoms with E-state index < -0.39 is 0 Å². The average molecular weight is 442 g/mol. The molecule has 0 aromatic heterocycles. The van der Waals surface area contributed by atoms with E-state index in [9.17, 15) is 9.59 Å². The number of nitrogens with zero attached hydrogens (tertiary/aromatic N) is 2. The quantitative estimate of drug-likeness (QED) is 0.641. The van der Waals surface area contributed by atoms with Crippen LogP contribution in [0, 0.1) is 0 Å². The Morgan fingerprint density at radius 1 is 1.09 bits per heavy atom. The van der Waals surface area contributed by atoms with Crippen LogP contribution in [0.25, 0.3) is 0 Å². The fourth-order valence-corrected chi connectivity index (χ4v) is 3.54. The highest BCUT2D eigenvalue weighted by molar-refractivity contribution is 5.95. The van der Waals surface area contributed by atoms with E-state index in [2.05, 4.69) is 10.2 Å². The first kappa shape index (κ1) is 23.6. The molecule has 0 radical (unpaired) electrons.